The Bertz CT molecular complexity index is 442. The monoisotopic (exact) mass is 234 g/mol. The van der Waals surface area contributed by atoms with Gasteiger partial charge in [-0.15, -0.1) is 11.3 Å². The third-order valence-electron chi connectivity index (χ3n) is 2.40. The number of thiophene rings is 1. The lowest BCUT2D eigenvalue weighted by Crippen LogP contribution is -2.14. The first-order chi connectivity index (χ1) is 7.75. The van der Waals surface area contributed by atoms with Crippen molar-refractivity contribution in [3.63, 3.8) is 0 Å². The number of pyridine rings is 1. The van der Waals surface area contributed by atoms with Crippen LogP contribution in [0.15, 0.2) is 35.8 Å². The minimum Gasteiger partial charge on any atom is -0.392 e. The van der Waals surface area contributed by atoms with Crippen LogP contribution in [-0.4, -0.2) is 16.2 Å². The molecule has 0 aliphatic carbocycles. The summed E-state index contributed by atoms with van der Waals surface area (Å²) in [6, 6.07) is 7.76. The summed E-state index contributed by atoms with van der Waals surface area (Å²) in [5, 5.41) is 11.9. The van der Waals surface area contributed by atoms with E-state index >= 15 is 0 Å². The Kier molecular flexibility index (Phi) is 3.54. The van der Waals surface area contributed by atoms with Gasteiger partial charge in [0.25, 0.3) is 0 Å². The van der Waals surface area contributed by atoms with Gasteiger partial charge in [0.2, 0.25) is 0 Å². The highest BCUT2D eigenvalue weighted by atomic mass is 32.1. The van der Waals surface area contributed by atoms with Crippen LogP contribution >= 0.6 is 11.3 Å². The number of nitrogens with two attached hydrogens (primary N) is 1. The molecule has 2 rings (SSSR count). The predicted octanol–water partition coefficient (Wildman–Crippen LogP) is 1.87. The topological polar surface area (TPSA) is 59.1 Å². The molecule has 0 amide bonds. The van der Waals surface area contributed by atoms with Crippen molar-refractivity contribution in [2.24, 2.45) is 0 Å². The zero-order valence-electron chi connectivity index (χ0n) is 8.84. The Morgan fingerprint density at radius 1 is 1.31 bits per heavy atom. The summed E-state index contributed by atoms with van der Waals surface area (Å²) in [7, 11) is 0. The van der Waals surface area contributed by atoms with E-state index in [0.29, 0.717) is 18.7 Å². The molecule has 4 heteroatoms. The van der Waals surface area contributed by atoms with Gasteiger partial charge in [0, 0.05) is 23.9 Å². The molecule has 0 bridgehead atoms. The van der Waals surface area contributed by atoms with E-state index in [-0.39, 0.29) is 0 Å². The maximum absolute atomic E-state index is 9.92. The summed E-state index contributed by atoms with van der Waals surface area (Å²) in [5.74, 6) is 0.507. The van der Waals surface area contributed by atoms with Gasteiger partial charge in [-0.25, -0.2) is 4.98 Å². The Morgan fingerprint density at radius 3 is 2.88 bits per heavy atom. The van der Waals surface area contributed by atoms with Crippen molar-refractivity contribution >= 4 is 17.2 Å². The average molecular weight is 234 g/mol. The predicted molar refractivity (Wildman–Crippen MR) is 66.4 cm³/mol. The molecule has 3 N–H and O–H groups in total. The molecule has 0 aliphatic rings. The highest BCUT2D eigenvalue weighted by Gasteiger charge is 2.09. The van der Waals surface area contributed by atoms with Crippen molar-refractivity contribution in [3.8, 4) is 0 Å². The van der Waals surface area contributed by atoms with Gasteiger partial charge in [-0.1, -0.05) is 12.1 Å². The van der Waals surface area contributed by atoms with Crippen LogP contribution in [0.1, 0.15) is 10.4 Å². The van der Waals surface area contributed by atoms with Crippen molar-refractivity contribution in [1.82, 2.24) is 4.98 Å². The number of rotatable bonds is 4. The smallest absolute Gasteiger partial charge is 0.126 e. The lowest BCUT2D eigenvalue weighted by Gasteiger charge is -2.10. The first kappa shape index (κ1) is 11.1. The molecule has 0 fully saturated rings. The van der Waals surface area contributed by atoms with Crippen LogP contribution in [0.25, 0.3) is 0 Å². The maximum Gasteiger partial charge on any atom is 0.126 e. The van der Waals surface area contributed by atoms with Crippen LogP contribution in [0.3, 0.4) is 0 Å². The van der Waals surface area contributed by atoms with Crippen LogP contribution in [0.5, 0.6) is 0 Å². The summed E-state index contributed by atoms with van der Waals surface area (Å²) in [6.07, 6.45) is 2.48. The fraction of sp³-hybridized carbons (Fsp3) is 0.250. The van der Waals surface area contributed by atoms with Gasteiger partial charge in [-0.3, -0.25) is 0 Å². The minimum atomic E-state index is -0.398. The number of hydrogen-bond acceptors (Lipinski definition) is 4. The van der Waals surface area contributed by atoms with E-state index in [0.717, 1.165) is 5.56 Å². The number of nitrogen functional groups attached to an aromatic ring is 1. The van der Waals surface area contributed by atoms with Crippen molar-refractivity contribution in [1.29, 1.82) is 0 Å². The number of aliphatic hydroxyl groups is 1. The van der Waals surface area contributed by atoms with Crippen LogP contribution < -0.4 is 5.73 Å². The van der Waals surface area contributed by atoms with Gasteiger partial charge in [0.05, 0.1) is 6.10 Å². The zero-order valence-corrected chi connectivity index (χ0v) is 9.65. The largest absolute Gasteiger partial charge is 0.392 e. The van der Waals surface area contributed by atoms with Crippen LogP contribution in [0, 0.1) is 0 Å². The molecule has 16 heavy (non-hydrogen) atoms. The van der Waals surface area contributed by atoms with Crippen LogP contribution in [0.2, 0.25) is 0 Å². The van der Waals surface area contributed by atoms with Crippen molar-refractivity contribution in [2.45, 2.75) is 18.9 Å². The first-order valence-corrected chi connectivity index (χ1v) is 6.03. The lowest BCUT2D eigenvalue weighted by atomic mass is 10.1. The van der Waals surface area contributed by atoms with E-state index in [1.54, 1.807) is 17.5 Å². The first-order valence-electron chi connectivity index (χ1n) is 5.15. The molecule has 84 valence electrons. The molecular formula is C12H14N2OS. The highest BCUT2D eigenvalue weighted by molar-refractivity contribution is 7.09. The van der Waals surface area contributed by atoms with Gasteiger partial charge in [0.1, 0.15) is 5.82 Å². The molecule has 1 atom stereocenters. The molecular weight excluding hydrogens is 220 g/mol. The third-order valence-corrected chi connectivity index (χ3v) is 3.30. The summed E-state index contributed by atoms with van der Waals surface area (Å²) in [4.78, 5) is 5.19. The fourth-order valence-corrected chi connectivity index (χ4v) is 2.39. The van der Waals surface area contributed by atoms with Gasteiger partial charge in [-0.05, 0) is 23.1 Å². The third kappa shape index (κ3) is 2.81. The summed E-state index contributed by atoms with van der Waals surface area (Å²) < 4.78 is 0. The Hall–Kier alpha value is -1.39. The molecule has 2 aromatic rings. The van der Waals surface area contributed by atoms with E-state index in [4.69, 9.17) is 5.73 Å². The molecule has 0 saturated heterocycles. The van der Waals surface area contributed by atoms with Gasteiger partial charge >= 0.3 is 0 Å². The highest BCUT2D eigenvalue weighted by Crippen LogP contribution is 2.15. The minimum absolute atomic E-state index is 0.398. The van der Waals surface area contributed by atoms with Gasteiger partial charge < -0.3 is 10.8 Å². The summed E-state index contributed by atoms with van der Waals surface area (Å²) in [5.41, 5.74) is 6.63. The van der Waals surface area contributed by atoms with Crippen LogP contribution in [0.4, 0.5) is 5.82 Å². The van der Waals surface area contributed by atoms with Gasteiger partial charge in [0.15, 0.2) is 0 Å². The molecule has 0 aromatic carbocycles. The summed E-state index contributed by atoms with van der Waals surface area (Å²) >= 11 is 1.66. The zero-order chi connectivity index (χ0) is 11.4. The Balaban J connectivity index is 1.97. The standard InChI is InChI=1S/C12H14N2OS/c13-12-9(3-1-5-14-12)7-10(15)8-11-4-2-6-16-11/h1-6,10,15H,7-8H2,(H2,13,14). The normalized spacial score (nSPS) is 12.6. The van der Waals surface area contributed by atoms with E-state index in [1.807, 2.05) is 29.6 Å². The maximum atomic E-state index is 9.92. The van der Waals surface area contributed by atoms with Crippen molar-refractivity contribution < 1.29 is 5.11 Å². The molecule has 2 aromatic heterocycles. The van der Waals surface area contributed by atoms with E-state index in [1.165, 1.54) is 4.88 Å². The molecule has 0 spiro atoms. The molecule has 0 saturated carbocycles. The summed E-state index contributed by atoms with van der Waals surface area (Å²) in [6.45, 7) is 0. The second-order valence-corrected chi connectivity index (χ2v) is 4.72. The van der Waals surface area contributed by atoms with E-state index in [9.17, 15) is 5.11 Å². The number of anilines is 1. The number of aromatic nitrogens is 1. The average Bonchev–Trinajstić information content (AvgIpc) is 2.74. The second kappa shape index (κ2) is 5.09. The van der Waals surface area contributed by atoms with Crippen LogP contribution in [-0.2, 0) is 12.8 Å². The lowest BCUT2D eigenvalue weighted by molar-refractivity contribution is 0.176. The molecule has 0 radical (unpaired) electrons. The van der Waals surface area contributed by atoms with E-state index < -0.39 is 6.10 Å². The van der Waals surface area contributed by atoms with Crippen molar-refractivity contribution in [2.75, 3.05) is 5.73 Å². The second-order valence-electron chi connectivity index (χ2n) is 3.69. The quantitative estimate of drug-likeness (QED) is 0.849. The molecule has 0 aliphatic heterocycles. The number of nitrogens with zero attached hydrogens (tertiary/aromatic N) is 1. The molecule has 3 nitrogen and oxygen atoms in total. The van der Waals surface area contributed by atoms with E-state index in [2.05, 4.69) is 4.98 Å². The molecule has 2 heterocycles. The number of hydrogen-bond donors (Lipinski definition) is 2. The fourth-order valence-electron chi connectivity index (χ4n) is 1.61. The Morgan fingerprint density at radius 2 is 2.19 bits per heavy atom. The van der Waals surface area contributed by atoms with Crippen molar-refractivity contribution in [3.05, 3.63) is 46.3 Å². The van der Waals surface area contributed by atoms with Gasteiger partial charge in [-0.2, -0.15) is 0 Å². The number of aliphatic hydroxyl groups excluding tert-OH is 1. The SMILES string of the molecule is Nc1ncccc1CC(O)Cc1cccs1. The molecule has 1 unspecified atom stereocenters. The Labute approximate surface area is 98.6 Å².